The van der Waals surface area contributed by atoms with E-state index in [4.69, 9.17) is 9.72 Å². The van der Waals surface area contributed by atoms with Gasteiger partial charge in [-0.1, -0.05) is 32.1 Å². The first-order valence-electron chi connectivity index (χ1n) is 11.8. The van der Waals surface area contributed by atoms with Crippen molar-refractivity contribution in [3.63, 3.8) is 0 Å². The molecule has 1 fully saturated rings. The number of nitrogens with one attached hydrogen (secondary N) is 2. The van der Waals surface area contributed by atoms with Crippen molar-refractivity contribution in [3.05, 3.63) is 28.5 Å². The molecule has 0 unspecified atom stereocenters. The van der Waals surface area contributed by atoms with Crippen LogP contribution < -0.4 is 5.32 Å². The van der Waals surface area contributed by atoms with Crippen molar-refractivity contribution in [2.45, 2.75) is 51.6 Å². The fraction of sp³-hybridized carbons (Fsp3) is 0.565. The van der Waals surface area contributed by atoms with Gasteiger partial charge in [-0.05, 0) is 60.0 Å². The van der Waals surface area contributed by atoms with Crippen LogP contribution in [0.25, 0.3) is 22.4 Å². The van der Waals surface area contributed by atoms with Gasteiger partial charge in [0.1, 0.15) is 4.60 Å². The Morgan fingerprint density at radius 3 is 2.70 bits per heavy atom. The molecule has 0 spiro atoms. The maximum Gasteiger partial charge on any atom is 0.225 e. The third-order valence-electron chi connectivity index (χ3n) is 5.85. The molecule has 0 amide bonds. The molecule has 0 aromatic carbocycles. The average molecular weight is 533 g/mol. The fourth-order valence-electron chi connectivity index (χ4n) is 3.97. The molecule has 3 aromatic rings. The van der Waals surface area contributed by atoms with Crippen LogP contribution in [0.3, 0.4) is 0 Å². The van der Waals surface area contributed by atoms with E-state index in [-0.39, 0.29) is 0 Å². The highest BCUT2D eigenvalue weighted by Crippen LogP contribution is 2.28. The van der Waals surface area contributed by atoms with E-state index in [0.29, 0.717) is 18.2 Å². The SMILES string of the molecule is C[Si](C)(C)CCOCc1nc(NCCN2CCCCC2)nc2n[nH]c(-c3cccc(Br)n3)c12. The predicted octanol–water partition coefficient (Wildman–Crippen LogP) is 4.93. The summed E-state index contributed by atoms with van der Waals surface area (Å²) in [5.41, 5.74) is 3.08. The van der Waals surface area contributed by atoms with Gasteiger partial charge < -0.3 is 15.0 Å². The summed E-state index contributed by atoms with van der Waals surface area (Å²) in [6, 6.07) is 6.94. The van der Waals surface area contributed by atoms with Crippen molar-refractivity contribution in [2.75, 3.05) is 38.1 Å². The van der Waals surface area contributed by atoms with E-state index in [0.717, 1.165) is 52.8 Å². The van der Waals surface area contributed by atoms with E-state index in [1.807, 2.05) is 18.2 Å². The summed E-state index contributed by atoms with van der Waals surface area (Å²) in [6.07, 6.45) is 3.93. The zero-order valence-corrected chi connectivity index (χ0v) is 22.4. The van der Waals surface area contributed by atoms with Gasteiger partial charge in [-0.2, -0.15) is 10.1 Å². The first-order valence-corrected chi connectivity index (χ1v) is 16.3. The van der Waals surface area contributed by atoms with Crippen LogP contribution in [0.15, 0.2) is 22.8 Å². The summed E-state index contributed by atoms with van der Waals surface area (Å²) in [4.78, 5) is 16.6. The van der Waals surface area contributed by atoms with Crippen molar-refractivity contribution in [2.24, 2.45) is 0 Å². The molecule has 2 N–H and O–H groups in total. The second-order valence-corrected chi connectivity index (χ2v) is 16.3. The smallest absolute Gasteiger partial charge is 0.225 e. The molecule has 1 aliphatic rings. The molecule has 1 saturated heterocycles. The lowest BCUT2D eigenvalue weighted by atomic mass is 10.1. The van der Waals surface area contributed by atoms with Crippen LogP contribution in [-0.4, -0.2) is 70.9 Å². The number of hydrogen-bond donors (Lipinski definition) is 2. The van der Waals surface area contributed by atoms with Gasteiger partial charge in [-0.25, -0.2) is 9.97 Å². The molecule has 4 heterocycles. The van der Waals surface area contributed by atoms with Crippen molar-refractivity contribution in [1.29, 1.82) is 0 Å². The summed E-state index contributed by atoms with van der Waals surface area (Å²) in [6.45, 7) is 12.4. The summed E-state index contributed by atoms with van der Waals surface area (Å²) in [5, 5.41) is 11.9. The van der Waals surface area contributed by atoms with Crippen LogP contribution in [0.1, 0.15) is 25.0 Å². The minimum Gasteiger partial charge on any atom is -0.375 e. The quantitative estimate of drug-likeness (QED) is 0.217. The second kappa shape index (κ2) is 11.0. The van der Waals surface area contributed by atoms with Gasteiger partial charge in [0.25, 0.3) is 0 Å². The first kappa shape index (κ1) is 24.2. The highest BCUT2D eigenvalue weighted by atomic mass is 79.9. The maximum atomic E-state index is 6.08. The number of ether oxygens (including phenoxy) is 1. The molecule has 0 radical (unpaired) electrons. The molecule has 0 aliphatic carbocycles. The number of hydrogen-bond acceptors (Lipinski definition) is 7. The van der Waals surface area contributed by atoms with Crippen molar-refractivity contribution in [1.82, 2.24) is 30.0 Å². The van der Waals surface area contributed by atoms with Crippen LogP contribution >= 0.6 is 15.9 Å². The van der Waals surface area contributed by atoms with Crippen LogP contribution in [0.2, 0.25) is 25.7 Å². The Bertz CT molecular complexity index is 1060. The third kappa shape index (κ3) is 6.81. The van der Waals surface area contributed by atoms with Gasteiger partial charge in [0, 0.05) is 27.8 Å². The normalized spacial score (nSPS) is 15.3. The lowest BCUT2D eigenvalue weighted by Gasteiger charge is -2.26. The Kier molecular flexibility index (Phi) is 8.10. The van der Waals surface area contributed by atoms with Crippen LogP contribution in [-0.2, 0) is 11.3 Å². The third-order valence-corrected chi connectivity index (χ3v) is 8.00. The second-order valence-electron chi connectivity index (χ2n) is 9.83. The Hall–Kier alpha value is -1.88. The molecule has 4 rings (SSSR count). The first-order chi connectivity index (χ1) is 15.9. The minimum absolute atomic E-state index is 0.421. The monoisotopic (exact) mass is 531 g/mol. The molecule has 33 heavy (non-hydrogen) atoms. The van der Waals surface area contributed by atoms with E-state index >= 15 is 0 Å². The Morgan fingerprint density at radius 2 is 1.94 bits per heavy atom. The number of piperidine rings is 1. The van der Waals surface area contributed by atoms with E-state index in [2.05, 4.69) is 66.0 Å². The molecular weight excluding hydrogens is 498 g/mol. The summed E-state index contributed by atoms with van der Waals surface area (Å²) >= 11 is 3.46. The molecule has 0 bridgehead atoms. The van der Waals surface area contributed by atoms with Crippen molar-refractivity contribution < 1.29 is 4.74 Å². The summed E-state index contributed by atoms with van der Waals surface area (Å²) in [7, 11) is -1.16. The topological polar surface area (TPSA) is 91.9 Å². The number of aromatic amines is 1. The highest BCUT2D eigenvalue weighted by molar-refractivity contribution is 9.10. The van der Waals surface area contributed by atoms with Gasteiger partial charge in [-0.15, -0.1) is 0 Å². The lowest BCUT2D eigenvalue weighted by molar-refractivity contribution is 0.131. The zero-order valence-electron chi connectivity index (χ0n) is 19.8. The molecule has 178 valence electrons. The van der Waals surface area contributed by atoms with Gasteiger partial charge in [0.05, 0.1) is 29.1 Å². The number of pyridine rings is 1. The highest BCUT2D eigenvalue weighted by Gasteiger charge is 2.19. The number of anilines is 1. The minimum atomic E-state index is -1.16. The van der Waals surface area contributed by atoms with E-state index in [1.165, 1.54) is 32.4 Å². The van der Waals surface area contributed by atoms with Gasteiger partial charge in [-0.3, -0.25) is 5.10 Å². The number of likely N-dealkylation sites (tertiary alicyclic amines) is 1. The molecule has 0 atom stereocenters. The van der Waals surface area contributed by atoms with Crippen LogP contribution in [0.5, 0.6) is 0 Å². The summed E-state index contributed by atoms with van der Waals surface area (Å²) < 4.78 is 6.85. The Morgan fingerprint density at radius 1 is 1.12 bits per heavy atom. The lowest BCUT2D eigenvalue weighted by Crippen LogP contribution is -2.33. The molecule has 1 aliphatic heterocycles. The van der Waals surface area contributed by atoms with Crippen molar-refractivity contribution in [3.8, 4) is 11.4 Å². The van der Waals surface area contributed by atoms with Crippen LogP contribution in [0, 0.1) is 0 Å². The molecular formula is C23H34BrN7OSi. The molecule has 10 heteroatoms. The van der Waals surface area contributed by atoms with Gasteiger partial charge in [0.15, 0.2) is 5.65 Å². The Balaban J connectivity index is 1.55. The standard InChI is InChI=1S/C23H34BrN7OSi/c1-33(2,3)15-14-32-16-18-20-21(17-8-7-9-19(24)26-17)29-30-22(20)28-23(27-18)25-10-13-31-11-5-4-6-12-31/h7-9H,4-6,10-16H2,1-3H3,(H2,25,27,28,29,30). The fourth-order valence-corrected chi connectivity index (χ4v) is 5.07. The number of halogens is 1. The number of rotatable bonds is 10. The molecule has 0 saturated carbocycles. The average Bonchev–Trinajstić information content (AvgIpc) is 3.21. The molecule has 3 aromatic heterocycles. The van der Waals surface area contributed by atoms with E-state index in [1.54, 1.807) is 0 Å². The molecule has 8 nitrogen and oxygen atoms in total. The largest absolute Gasteiger partial charge is 0.375 e. The predicted molar refractivity (Wildman–Crippen MR) is 139 cm³/mol. The Labute approximate surface area is 205 Å². The van der Waals surface area contributed by atoms with Crippen molar-refractivity contribution >= 4 is 41.0 Å². The maximum absolute atomic E-state index is 6.08. The zero-order chi connectivity index (χ0) is 23.3. The number of nitrogens with zero attached hydrogens (tertiary/aromatic N) is 5. The van der Waals surface area contributed by atoms with E-state index < -0.39 is 8.07 Å². The number of fused-ring (bicyclic) bond motifs is 1. The summed E-state index contributed by atoms with van der Waals surface area (Å²) in [5.74, 6) is 0.601. The van der Waals surface area contributed by atoms with Gasteiger partial charge in [0.2, 0.25) is 5.95 Å². The van der Waals surface area contributed by atoms with Crippen LogP contribution in [0.4, 0.5) is 5.95 Å². The number of aromatic nitrogens is 5. The van der Waals surface area contributed by atoms with Gasteiger partial charge >= 0.3 is 0 Å². The number of H-pyrrole nitrogens is 1. The van der Waals surface area contributed by atoms with E-state index in [9.17, 15) is 0 Å².